The molecule has 0 aromatic carbocycles. The van der Waals surface area contributed by atoms with E-state index < -0.39 is 0 Å². The summed E-state index contributed by atoms with van der Waals surface area (Å²) >= 11 is 3.71. The Morgan fingerprint density at radius 1 is 1.46 bits per heavy atom. The molecule has 1 saturated heterocycles. The lowest BCUT2D eigenvalue weighted by Gasteiger charge is -2.25. The molecule has 1 N–H and O–H groups in total. The summed E-state index contributed by atoms with van der Waals surface area (Å²) in [6.07, 6.45) is 1.02. The first-order chi connectivity index (χ1) is 6.34. The number of aromatic nitrogens is 2. The zero-order chi connectivity index (χ0) is 9.10. The Morgan fingerprint density at radius 3 is 2.85 bits per heavy atom. The van der Waals surface area contributed by atoms with Gasteiger partial charge in [-0.15, -0.1) is 21.5 Å². The van der Waals surface area contributed by atoms with Gasteiger partial charge < -0.3 is 5.32 Å². The van der Waals surface area contributed by atoms with Crippen LogP contribution < -0.4 is 5.32 Å². The van der Waals surface area contributed by atoms with Gasteiger partial charge in [-0.1, -0.05) is 0 Å². The lowest BCUT2D eigenvalue weighted by Crippen LogP contribution is -2.41. The molecule has 0 unspecified atom stereocenters. The van der Waals surface area contributed by atoms with Crippen LogP contribution in [0.4, 0.5) is 0 Å². The third kappa shape index (κ3) is 2.65. The number of rotatable bonds is 4. The maximum Gasteiger partial charge on any atom is 0.118 e. The number of aryl methyl sites for hydroxylation is 1. The minimum atomic E-state index is 0.749. The molecule has 3 nitrogen and oxygen atoms in total. The smallest absolute Gasteiger partial charge is 0.118 e. The lowest BCUT2D eigenvalue weighted by atomic mass is 10.3. The molecular weight excluding hydrogens is 202 g/mol. The molecule has 0 radical (unpaired) electrons. The first-order valence-electron chi connectivity index (χ1n) is 4.45. The van der Waals surface area contributed by atoms with Crippen LogP contribution in [0.2, 0.25) is 0 Å². The Bertz CT molecular complexity index is 270. The zero-order valence-corrected chi connectivity index (χ0v) is 9.25. The normalized spacial score (nSPS) is 17.3. The van der Waals surface area contributed by atoms with E-state index in [1.165, 1.54) is 11.5 Å². The fourth-order valence-corrected chi connectivity index (χ4v) is 2.59. The van der Waals surface area contributed by atoms with Gasteiger partial charge in [-0.25, -0.2) is 0 Å². The first-order valence-corrected chi connectivity index (χ1v) is 6.42. The van der Waals surface area contributed by atoms with Gasteiger partial charge in [0.25, 0.3) is 0 Å². The summed E-state index contributed by atoms with van der Waals surface area (Å²) in [4.78, 5) is 0. The van der Waals surface area contributed by atoms with Crippen molar-refractivity contribution in [3.05, 3.63) is 10.0 Å². The second-order valence-corrected chi connectivity index (χ2v) is 5.49. The molecule has 0 aliphatic carbocycles. The number of hydrogen-bond acceptors (Lipinski definition) is 5. The van der Waals surface area contributed by atoms with Crippen LogP contribution in [0.5, 0.6) is 0 Å². The van der Waals surface area contributed by atoms with Crippen molar-refractivity contribution in [2.75, 3.05) is 18.1 Å². The van der Waals surface area contributed by atoms with Crippen molar-refractivity contribution in [2.45, 2.75) is 19.4 Å². The molecule has 0 bridgehead atoms. The van der Waals surface area contributed by atoms with Crippen molar-refractivity contribution in [3.8, 4) is 0 Å². The third-order valence-electron chi connectivity index (χ3n) is 1.98. The molecule has 0 saturated carbocycles. The third-order valence-corrected chi connectivity index (χ3v) is 4.15. The largest absolute Gasteiger partial charge is 0.312 e. The summed E-state index contributed by atoms with van der Waals surface area (Å²) in [6, 6.07) is 0.749. The van der Waals surface area contributed by atoms with Crippen LogP contribution in [0.15, 0.2) is 0 Å². The van der Waals surface area contributed by atoms with Crippen molar-refractivity contribution in [1.29, 1.82) is 0 Å². The molecule has 0 amide bonds. The Labute approximate surface area is 86.3 Å². The van der Waals surface area contributed by atoms with E-state index >= 15 is 0 Å². The predicted molar refractivity (Wildman–Crippen MR) is 57.5 cm³/mol. The molecule has 1 aliphatic rings. The molecule has 72 valence electrons. The Morgan fingerprint density at radius 2 is 2.31 bits per heavy atom. The molecule has 1 aliphatic heterocycles. The van der Waals surface area contributed by atoms with Gasteiger partial charge in [-0.05, 0) is 6.92 Å². The standard InChI is InChI=1S/C8H13N3S2/c1-6-10-11-8(13-6)2-3-9-7-4-12-5-7/h7,9H,2-5H2,1H3. The highest BCUT2D eigenvalue weighted by Crippen LogP contribution is 2.17. The van der Waals surface area contributed by atoms with Crippen LogP contribution in [0, 0.1) is 6.92 Å². The Balaban J connectivity index is 1.67. The summed E-state index contributed by atoms with van der Waals surface area (Å²) in [5, 5.41) is 13.8. The molecule has 1 fully saturated rings. The van der Waals surface area contributed by atoms with Gasteiger partial charge in [-0.2, -0.15) is 11.8 Å². The molecule has 2 heterocycles. The van der Waals surface area contributed by atoms with Gasteiger partial charge in [0.15, 0.2) is 0 Å². The van der Waals surface area contributed by atoms with Crippen molar-refractivity contribution >= 4 is 23.1 Å². The van der Waals surface area contributed by atoms with Gasteiger partial charge in [0.05, 0.1) is 0 Å². The fraction of sp³-hybridized carbons (Fsp3) is 0.750. The number of nitrogens with one attached hydrogen (secondary N) is 1. The molecular formula is C8H13N3S2. The predicted octanol–water partition coefficient (Wildman–Crippen LogP) is 1.09. The minimum absolute atomic E-state index is 0.749. The monoisotopic (exact) mass is 215 g/mol. The second kappa shape index (κ2) is 4.39. The van der Waals surface area contributed by atoms with Crippen LogP contribution in [-0.2, 0) is 6.42 Å². The van der Waals surface area contributed by atoms with Crippen LogP contribution in [0.1, 0.15) is 10.0 Å². The topological polar surface area (TPSA) is 37.8 Å². The maximum absolute atomic E-state index is 4.08. The number of nitrogens with zero attached hydrogens (tertiary/aromatic N) is 2. The van der Waals surface area contributed by atoms with Crippen molar-refractivity contribution in [2.24, 2.45) is 0 Å². The summed E-state index contributed by atoms with van der Waals surface area (Å²) in [5.74, 6) is 2.55. The summed E-state index contributed by atoms with van der Waals surface area (Å²) in [7, 11) is 0. The van der Waals surface area contributed by atoms with Crippen molar-refractivity contribution < 1.29 is 0 Å². The molecule has 13 heavy (non-hydrogen) atoms. The molecule has 5 heteroatoms. The van der Waals surface area contributed by atoms with E-state index in [0.717, 1.165) is 29.0 Å². The fourth-order valence-electron chi connectivity index (χ4n) is 1.18. The quantitative estimate of drug-likeness (QED) is 0.816. The van der Waals surface area contributed by atoms with Gasteiger partial charge in [0.1, 0.15) is 10.0 Å². The van der Waals surface area contributed by atoms with Crippen LogP contribution in [-0.4, -0.2) is 34.3 Å². The summed E-state index contributed by atoms with van der Waals surface area (Å²) in [6.45, 7) is 3.04. The highest BCUT2D eigenvalue weighted by atomic mass is 32.2. The molecule has 1 aromatic heterocycles. The SMILES string of the molecule is Cc1nnc(CCNC2CSC2)s1. The van der Waals surface area contributed by atoms with E-state index in [0.29, 0.717) is 0 Å². The molecule has 0 atom stereocenters. The van der Waals surface area contributed by atoms with Crippen molar-refractivity contribution in [3.63, 3.8) is 0 Å². The number of thioether (sulfide) groups is 1. The van der Waals surface area contributed by atoms with Gasteiger partial charge in [0.2, 0.25) is 0 Å². The van der Waals surface area contributed by atoms with E-state index in [2.05, 4.69) is 15.5 Å². The van der Waals surface area contributed by atoms with E-state index in [-0.39, 0.29) is 0 Å². The summed E-state index contributed by atoms with van der Waals surface area (Å²) < 4.78 is 0. The average molecular weight is 215 g/mol. The Hall–Kier alpha value is -0.130. The first kappa shape index (κ1) is 9.43. The van der Waals surface area contributed by atoms with E-state index in [1.54, 1.807) is 11.3 Å². The lowest BCUT2D eigenvalue weighted by molar-refractivity contribution is 0.583. The van der Waals surface area contributed by atoms with E-state index in [1.807, 2.05) is 18.7 Å². The maximum atomic E-state index is 4.08. The molecule has 2 rings (SSSR count). The second-order valence-electron chi connectivity index (χ2n) is 3.15. The zero-order valence-electron chi connectivity index (χ0n) is 7.62. The van der Waals surface area contributed by atoms with Gasteiger partial charge in [-0.3, -0.25) is 0 Å². The Kier molecular flexibility index (Phi) is 3.18. The average Bonchev–Trinajstić information content (AvgIpc) is 2.42. The number of hydrogen-bond donors (Lipinski definition) is 1. The van der Waals surface area contributed by atoms with Gasteiger partial charge >= 0.3 is 0 Å². The van der Waals surface area contributed by atoms with Crippen LogP contribution in [0.25, 0.3) is 0 Å². The highest BCUT2D eigenvalue weighted by molar-refractivity contribution is 8.00. The van der Waals surface area contributed by atoms with Crippen LogP contribution in [0.3, 0.4) is 0 Å². The van der Waals surface area contributed by atoms with Gasteiger partial charge in [0, 0.05) is 30.5 Å². The molecule has 1 aromatic rings. The molecule has 0 spiro atoms. The van der Waals surface area contributed by atoms with Crippen LogP contribution >= 0.6 is 23.1 Å². The minimum Gasteiger partial charge on any atom is -0.312 e. The van der Waals surface area contributed by atoms with E-state index in [9.17, 15) is 0 Å². The van der Waals surface area contributed by atoms with Crippen molar-refractivity contribution in [1.82, 2.24) is 15.5 Å². The summed E-state index contributed by atoms with van der Waals surface area (Å²) in [5.41, 5.74) is 0. The highest BCUT2D eigenvalue weighted by Gasteiger charge is 2.16. The van der Waals surface area contributed by atoms with E-state index in [4.69, 9.17) is 0 Å².